The van der Waals surface area contributed by atoms with E-state index in [9.17, 15) is 9.59 Å². The second-order valence-corrected chi connectivity index (χ2v) is 8.56. The van der Waals surface area contributed by atoms with Crippen LogP contribution in [-0.2, 0) is 15.0 Å². The third kappa shape index (κ3) is 4.33. The second-order valence-electron chi connectivity index (χ2n) is 8.16. The molecule has 1 aliphatic rings. The van der Waals surface area contributed by atoms with Gasteiger partial charge in [0.1, 0.15) is 0 Å². The Labute approximate surface area is 165 Å². The van der Waals surface area contributed by atoms with Crippen molar-refractivity contribution in [1.29, 1.82) is 0 Å². The highest BCUT2D eigenvalue weighted by Crippen LogP contribution is 2.29. The first-order valence-corrected chi connectivity index (χ1v) is 9.51. The van der Waals surface area contributed by atoms with E-state index in [1.54, 1.807) is 11.0 Å². The maximum atomic E-state index is 12.6. The molecule has 0 saturated carbocycles. The van der Waals surface area contributed by atoms with Gasteiger partial charge < -0.3 is 10.2 Å². The lowest BCUT2D eigenvalue weighted by molar-refractivity contribution is -0.122. The van der Waals surface area contributed by atoms with Crippen LogP contribution in [-0.4, -0.2) is 18.4 Å². The summed E-state index contributed by atoms with van der Waals surface area (Å²) in [4.78, 5) is 26.7. The summed E-state index contributed by atoms with van der Waals surface area (Å²) in [5.74, 6) is -0.558. The van der Waals surface area contributed by atoms with Gasteiger partial charge in [0.05, 0.1) is 5.92 Å². The fourth-order valence-electron chi connectivity index (χ4n) is 3.19. The zero-order valence-electron chi connectivity index (χ0n) is 16.2. The Kier molecular flexibility index (Phi) is 5.29. The average molecular weight is 385 g/mol. The average Bonchev–Trinajstić information content (AvgIpc) is 2.99. The molecule has 2 aromatic carbocycles. The summed E-state index contributed by atoms with van der Waals surface area (Å²) in [6.07, 6.45) is 0.215. The number of carbonyl (C=O) groups excluding carboxylic acids is 2. The van der Waals surface area contributed by atoms with Crippen molar-refractivity contribution in [2.45, 2.75) is 39.5 Å². The summed E-state index contributed by atoms with van der Waals surface area (Å²) in [6.45, 7) is 8.76. The molecule has 1 aliphatic heterocycles. The van der Waals surface area contributed by atoms with E-state index in [0.717, 1.165) is 11.3 Å². The highest BCUT2D eigenvalue weighted by atomic mass is 35.5. The molecule has 142 valence electrons. The van der Waals surface area contributed by atoms with Crippen LogP contribution in [0.5, 0.6) is 0 Å². The van der Waals surface area contributed by atoms with Gasteiger partial charge in [0.15, 0.2) is 0 Å². The van der Waals surface area contributed by atoms with Crippen molar-refractivity contribution in [3.63, 3.8) is 0 Å². The number of aryl methyl sites for hydroxylation is 1. The minimum absolute atomic E-state index is 0.0272. The molecule has 0 radical (unpaired) electrons. The normalized spacial score (nSPS) is 17.3. The minimum Gasteiger partial charge on any atom is -0.326 e. The standard InChI is InChI=1S/C22H25ClN2O2/c1-14-5-8-17(12-19(14)23)24-21(27)15-11-20(26)25(13-15)18-9-6-16(7-10-18)22(2,3)4/h5-10,12,15H,11,13H2,1-4H3,(H,24,27). The van der Waals surface area contributed by atoms with Crippen LogP contribution >= 0.6 is 11.6 Å². The Morgan fingerprint density at radius 1 is 1.15 bits per heavy atom. The zero-order chi connectivity index (χ0) is 19.8. The molecule has 1 fully saturated rings. The minimum atomic E-state index is -0.375. The predicted molar refractivity (Wildman–Crippen MR) is 110 cm³/mol. The number of rotatable bonds is 3. The molecule has 1 N–H and O–H groups in total. The van der Waals surface area contributed by atoms with Gasteiger partial charge in [-0.3, -0.25) is 9.59 Å². The molecule has 5 heteroatoms. The number of anilines is 2. The third-order valence-corrected chi connectivity index (χ3v) is 5.39. The molecular weight excluding hydrogens is 360 g/mol. The Bertz CT molecular complexity index is 869. The Morgan fingerprint density at radius 3 is 2.41 bits per heavy atom. The zero-order valence-corrected chi connectivity index (χ0v) is 16.9. The summed E-state index contributed by atoms with van der Waals surface area (Å²) in [5.41, 5.74) is 3.71. The van der Waals surface area contributed by atoms with Crippen LogP contribution in [0.2, 0.25) is 5.02 Å². The van der Waals surface area contributed by atoms with E-state index in [0.29, 0.717) is 17.3 Å². The van der Waals surface area contributed by atoms with Gasteiger partial charge in [-0.25, -0.2) is 0 Å². The maximum Gasteiger partial charge on any atom is 0.229 e. The summed E-state index contributed by atoms with van der Waals surface area (Å²) in [7, 11) is 0. The van der Waals surface area contributed by atoms with E-state index in [1.165, 1.54) is 5.56 Å². The monoisotopic (exact) mass is 384 g/mol. The molecule has 0 aromatic heterocycles. The summed E-state index contributed by atoms with van der Waals surface area (Å²) >= 11 is 6.11. The molecule has 3 rings (SSSR count). The second kappa shape index (κ2) is 7.35. The first kappa shape index (κ1) is 19.4. The van der Waals surface area contributed by atoms with Gasteiger partial charge in [0, 0.05) is 29.4 Å². The number of amides is 2. The Balaban J connectivity index is 1.69. The largest absolute Gasteiger partial charge is 0.326 e. The van der Waals surface area contributed by atoms with Gasteiger partial charge in [-0.15, -0.1) is 0 Å². The molecule has 2 aromatic rings. The van der Waals surface area contributed by atoms with Crippen LogP contribution in [0.15, 0.2) is 42.5 Å². The number of hydrogen-bond donors (Lipinski definition) is 1. The van der Waals surface area contributed by atoms with Crippen LogP contribution in [0.1, 0.15) is 38.3 Å². The van der Waals surface area contributed by atoms with E-state index in [2.05, 4.69) is 26.1 Å². The fraction of sp³-hybridized carbons (Fsp3) is 0.364. The summed E-state index contributed by atoms with van der Waals surface area (Å²) in [5, 5.41) is 3.48. The molecule has 1 heterocycles. The topological polar surface area (TPSA) is 49.4 Å². The van der Waals surface area contributed by atoms with Crippen LogP contribution in [0, 0.1) is 12.8 Å². The summed E-state index contributed by atoms with van der Waals surface area (Å²) < 4.78 is 0. The number of nitrogens with zero attached hydrogens (tertiary/aromatic N) is 1. The molecule has 2 amide bonds. The molecule has 1 unspecified atom stereocenters. The SMILES string of the molecule is Cc1ccc(NC(=O)C2CC(=O)N(c3ccc(C(C)(C)C)cc3)C2)cc1Cl. The molecule has 0 bridgehead atoms. The van der Waals surface area contributed by atoms with E-state index in [1.807, 2.05) is 43.3 Å². The van der Waals surface area contributed by atoms with Crippen LogP contribution in [0.25, 0.3) is 0 Å². The molecule has 0 aliphatic carbocycles. The Morgan fingerprint density at radius 2 is 1.81 bits per heavy atom. The lowest BCUT2D eigenvalue weighted by Crippen LogP contribution is -2.28. The van der Waals surface area contributed by atoms with Crippen molar-refractivity contribution in [2.24, 2.45) is 5.92 Å². The van der Waals surface area contributed by atoms with Crippen molar-refractivity contribution < 1.29 is 9.59 Å². The number of nitrogens with one attached hydrogen (secondary N) is 1. The molecule has 4 nitrogen and oxygen atoms in total. The maximum absolute atomic E-state index is 12.6. The van der Waals surface area contributed by atoms with Crippen molar-refractivity contribution in [3.8, 4) is 0 Å². The smallest absolute Gasteiger partial charge is 0.229 e. The van der Waals surface area contributed by atoms with Crippen molar-refractivity contribution in [2.75, 3.05) is 16.8 Å². The molecule has 27 heavy (non-hydrogen) atoms. The molecule has 1 saturated heterocycles. The number of carbonyl (C=O) groups is 2. The quantitative estimate of drug-likeness (QED) is 0.814. The lowest BCUT2D eigenvalue weighted by atomic mass is 9.87. The van der Waals surface area contributed by atoms with Crippen molar-refractivity contribution >= 4 is 34.8 Å². The van der Waals surface area contributed by atoms with Gasteiger partial charge in [-0.1, -0.05) is 50.6 Å². The van der Waals surface area contributed by atoms with Crippen LogP contribution in [0.4, 0.5) is 11.4 Å². The Hall–Kier alpha value is -2.33. The number of halogens is 1. The van der Waals surface area contributed by atoms with Crippen LogP contribution < -0.4 is 10.2 Å². The van der Waals surface area contributed by atoms with E-state index < -0.39 is 0 Å². The number of hydrogen-bond acceptors (Lipinski definition) is 2. The highest BCUT2D eigenvalue weighted by Gasteiger charge is 2.35. The summed E-state index contributed by atoms with van der Waals surface area (Å²) in [6, 6.07) is 13.4. The van der Waals surface area contributed by atoms with Crippen molar-refractivity contribution in [3.05, 3.63) is 58.6 Å². The fourth-order valence-corrected chi connectivity index (χ4v) is 3.37. The lowest BCUT2D eigenvalue weighted by Gasteiger charge is -2.21. The van der Waals surface area contributed by atoms with Gasteiger partial charge in [-0.2, -0.15) is 0 Å². The highest BCUT2D eigenvalue weighted by molar-refractivity contribution is 6.31. The molecule has 0 spiro atoms. The van der Waals surface area contributed by atoms with Gasteiger partial charge in [0.25, 0.3) is 0 Å². The van der Waals surface area contributed by atoms with Gasteiger partial charge in [0.2, 0.25) is 11.8 Å². The third-order valence-electron chi connectivity index (χ3n) is 4.98. The first-order valence-electron chi connectivity index (χ1n) is 9.13. The first-order chi connectivity index (χ1) is 12.6. The van der Waals surface area contributed by atoms with Crippen molar-refractivity contribution in [1.82, 2.24) is 0 Å². The molecule has 1 atom stereocenters. The van der Waals surface area contributed by atoms with Gasteiger partial charge in [-0.05, 0) is 47.7 Å². The van der Waals surface area contributed by atoms with Crippen LogP contribution in [0.3, 0.4) is 0 Å². The molecular formula is C22H25ClN2O2. The van der Waals surface area contributed by atoms with Gasteiger partial charge >= 0.3 is 0 Å². The predicted octanol–water partition coefficient (Wildman–Crippen LogP) is 4.94. The number of benzene rings is 2. The van der Waals surface area contributed by atoms with E-state index in [-0.39, 0.29) is 29.6 Å². The van der Waals surface area contributed by atoms with E-state index >= 15 is 0 Å². The van der Waals surface area contributed by atoms with E-state index in [4.69, 9.17) is 11.6 Å².